The van der Waals surface area contributed by atoms with Gasteiger partial charge in [0.2, 0.25) is 0 Å². The van der Waals surface area contributed by atoms with Gasteiger partial charge in [0.25, 0.3) is 5.91 Å². The molecule has 0 radical (unpaired) electrons. The van der Waals surface area contributed by atoms with Gasteiger partial charge in [-0.25, -0.2) is 0 Å². The Morgan fingerprint density at radius 3 is 2.88 bits per heavy atom. The average molecular weight is 343 g/mol. The number of hydrogen-bond donors (Lipinski definition) is 1. The van der Waals surface area contributed by atoms with Crippen LogP contribution in [0.5, 0.6) is 0 Å². The van der Waals surface area contributed by atoms with Gasteiger partial charge in [-0.1, -0.05) is 25.1 Å². The van der Waals surface area contributed by atoms with Gasteiger partial charge < -0.3 is 19.2 Å². The van der Waals surface area contributed by atoms with Gasteiger partial charge in [-0.15, -0.1) is 0 Å². The summed E-state index contributed by atoms with van der Waals surface area (Å²) in [6, 6.07) is 7.48. The predicted molar refractivity (Wildman–Crippen MR) is 90.5 cm³/mol. The topological polar surface area (TPSA) is 80.0 Å². The molecule has 132 valence electrons. The van der Waals surface area contributed by atoms with Gasteiger partial charge in [0.05, 0.1) is 12.2 Å². The number of furan rings is 1. The number of likely N-dealkylation sites (tertiary alicyclic amines) is 1. The third-order valence-corrected chi connectivity index (χ3v) is 5.58. The van der Waals surface area contributed by atoms with Crippen LogP contribution in [-0.2, 0) is 16.0 Å². The summed E-state index contributed by atoms with van der Waals surface area (Å²) < 4.78 is 11.3. The Morgan fingerprint density at radius 1 is 1.36 bits per heavy atom. The van der Waals surface area contributed by atoms with Crippen molar-refractivity contribution in [1.82, 2.24) is 4.90 Å². The van der Waals surface area contributed by atoms with Crippen LogP contribution in [0.1, 0.15) is 29.5 Å². The number of amides is 1. The lowest BCUT2D eigenvalue weighted by atomic mass is 9.76. The molecule has 0 aliphatic carbocycles. The van der Waals surface area contributed by atoms with Crippen LogP contribution in [0.15, 0.2) is 28.7 Å². The van der Waals surface area contributed by atoms with E-state index in [1.807, 2.05) is 31.2 Å². The van der Waals surface area contributed by atoms with E-state index in [0.29, 0.717) is 42.9 Å². The molecule has 1 aromatic heterocycles. The van der Waals surface area contributed by atoms with Crippen LogP contribution in [0.25, 0.3) is 11.0 Å². The first kappa shape index (κ1) is 16.1. The number of nitrogens with zero attached hydrogens (tertiary/aromatic N) is 1. The van der Waals surface area contributed by atoms with Crippen LogP contribution < -0.4 is 0 Å². The first-order valence-electron chi connectivity index (χ1n) is 8.67. The molecule has 25 heavy (non-hydrogen) atoms. The van der Waals surface area contributed by atoms with E-state index >= 15 is 0 Å². The molecule has 2 aliphatic heterocycles. The first-order chi connectivity index (χ1) is 12.1. The Kier molecular flexibility index (Phi) is 3.80. The molecule has 2 aromatic rings. The number of rotatable bonds is 3. The van der Waals surface area contributed by atoms with Crippen LogP contribution in [-0.4, -0.2) is 48.2 Å². The van der Waals surface area contributed by atoms with Crippen LogP contribution in [0.3, 0.4) is 0 Å². The molecule has 1 amide bonds. The highest BCUT2D eigenvalue weighted by Gasteiger charge is 2.55. The average Bonchev–Trinajstić information content (AvgIpc) is 3.20. The van der Waals surface area contributed by atoms with E-state index in [1.54, 1.807) is 4.90 Å². The number of benzene rings is 1. The molecule has 6 heteroatoms. The number of fused-ring (bicyclic) bond motifs is 2. The highest BCUT2D eigenvalue weighted by molar-refractivity contribution is 6.07. The van der Waals surface area contributed by atoms with Crippen molar-refractivity contribution in [2.75, 3.05) is 26.3 Å². The summed E-state index contributed by atoms with van der Waals surface area (Å²) >= 11 is 0. The molecular weight excluding hydrogens is 322 g/mol. The number of aliphatic carboxylic acids is 1. The third kappa shape index (κ3) is 2.35. The van der Waals surface area contributed by atoms with Crippen molar-refractivity contribution in [2.45, 2.75) is 19.8 Å². The normalized spacial score (nSPS) is 26.0. The molecule has 0 unspecified atom stereocenters. The molecule has 2 atom stereocenters. The molecular formula is C19H21NO5. The maximum absolute atomic E-state index is 13.2. The van der Waals surface area contributed by atoms with Gasteiger partial charge in [-0.05, 0) is 18.4 Å². The summed E-state index contributed by atoms with van der Waals surface area (Å²) in [7, 11) is 0. The molecule has 2 aliphatic rings. The fourth-order valence-corrected chi connectivity index (χ4v) is 4.18. The fraction of sp³-hybridized carbons (Fsp3) is 0.474. The van der Waals surface area contributed by atoms with Gasteiger partial charge in [-0.3, -0.25) is 9.59 Å². The zero-order valence-corrected chi connectivity index (χ0v) is 14.2. The van der Waals surface area contributed by atoms with Gasteiger partial charge >= 0.3 is 5.97 Å². The Balaban J connectivity index is 1.72. The largest absolute Gasteiger partial charge is 0.481 e. The number of hydrogen-bond acceptors (Lipinski definition) is 4. The smallest absolute Gasteiger partial charge is 0.314 e. The molecule has 2 saturated heterocycles. The number of carboxylic acid groups (broad SMARTS) is 1. The standard InChI is InChI=1S/C19H21NO5/c1-2-14-16(13-5-3-4-6-15(13)25-14)17(21)20-9-12-7-8-24-11-19(12,10-20)18(22)23/h3-6,12H,2,7-11H2,1H3,(H,22,23)/t12-,19+/m0/s1. The minimum absolute atomic E-state index is 0.0639. The third-order valence-electron chi connectivity index (χ3n) is 5.58. The minimum Gasteiger partial charge on any atom is -0.481 e. The maximum Gasteiger partial charge on any atom is 0.314 e. The van der Waals surface area contributed by atoms with Gasteiger partial charge in [0.15, 0.2) is 0 Å². The van der Waals surface area contributed by atoms with Crippen molar-refractivity contribution in [2.24, 2.45) is 11.3 Å². The van der Waals surface area contributed by atoms with Crippen molar-refractivity contribution in [3.8, 4) is 0 Å². The number of carbonyl (C=O) groups excluding carboxylic acids is 1. The Hall–Kier alpha value is -2.34. The highest BCUT2D eigenvalue weighted by atomic mass is 16.5. The summed E-state index contributed by atoms with van der Waals surface area (Å²) in [5.74, 6) is -0.426. The monoisotopic (exact) mass is 343 g/mol. The second-order valence-electron chi connectivity index (χ2n) is 6.94. The molecule has 2 fully saturated rings. The summed E-state index contributed by atoms with van der Waals surface area (Å²) in [4.78, 5) is 26.8. The van der Waals surface area contributed by atoms with Crippen molar-refractivity contribution in [3.05, 3.63) is 35.6 Å². The molecule has 1 aromatic carbocycles. The van der Waals surface area contributed by atoms with E-state index in [4.69, 9.17) is 9.15 Å². The van der Waals surface area contributed by atoms with Crippen LogP contribution in [0, 0.1) is 11.3 Å². The Labute approximate surface area is 145 Å². The lowest BCUT2D eigenvalue weighted by molar-refractivity contribution is -0.159. The number of carbonyl (C=O) groups is 2. The number of ether oxygens (including phenoxy) is 1. The molecule has 0 saturated carbocycles. The van der Waals surface area contributed by atoms with Crippen molar-refractivity contribution in [3.63, 3.8) is 0 Å². The summed E-state index contributed by atoms with van der Waals surface area (Å²) in [5.41, 5.74) is 0.272. The van der Waals surface area contributed by atoms with E-state index in [2.05, 4.69) is 0 Å². The molecule has 1 N–H and O–H groups in total. The lowest BCUT2D eigenvalue weighted by Gasteiger charge is -2.33. The van der Waals surface area contributed by atoms with Crippen molar-refractivity contribution < 1.29 is 23.8 Å². The minimum atomic E-state index is -0.986. The maximum atomic E-state index is 13.2. The Morgan fingerprint density at radius 2 is 2.16 bits per heavy atom. The molecule has 4 rings (SSSR count). The zero-order chi connectivity index (χ0) is 17.6. The number of carboxylic acids is 1. The summed E-state index contributed by atoms with van der Waals surface area (Å²) in [6.45, 7) is 3.32. The quantitative estimate of drug-likeness (QED) is 0.926. The van der Waals surface area contributed by atoms with Crippen LogP contribution in [0.2, 0.25) is 0 Å². The predicted octanol–water partition coefficient (Wildman–Crippen LogP) is 2.56. The number of para-hydroxylation sites is 1. The van der Waals surface area contributed by atoms with E-state index in [-0.39, 0.29) is 25.0 Å². The van der Waals surface area contributed by atoms with Crippen molar-refractivity contribution >= 4 is 22.8 Å². The van der Waals surface area contributed by atoms with E-state index in [9.17, 15) is 14.7 Å². The van der Waals surface area contributed by atoms with Gasteiger partial charge in [0.1, 0.15) is 16.8 Å². The second kappa shape index (κ2) is 5.88. The van der Waals surface area contributed by atoms with E-state index in [1.165, 1.54) is 0 Å². The van der Waals surface area contributed by atoms with Crippen molar-refractivity contribution in [1.29, 1.82) is 0 Å². The van der Waals surface area contributed by atoms with Crippen LogP contribution >= 0.6 is 0 Å². The van der Waals surface area contributed by atoms with E-state index < -0.39 is 11.4 Å². The zero-order valence-electron chi connectivity index (χ0n) is 14.2. The van der Waals surface area contributed by atoms with Crippen LogP contribution in [0.4, 0.5) is 0 Å². The number of aryl methyl sites for hydroxylation is 1. The van der Waals surface area contributed by atoms with Gasteiger partial charge in [0, 0.05) is 31.5 Å². The molecule has 0 spiro atoms. The lowest BCUT2D eigenvalue weighted by Crippen LogP contribution is -2.46. The Bertz CT molecular complexity index is 841. The molecule has 0 bridgehead atoms. The second-order valence-corrected chi connectivity index (χ2v) is 6.94. The molecule has 3 heterocycles. The fourth-order valence-electron chi connectivity index (χ4n) is 4.18. The summed E-state index contributed by atoms with van der Waals surface area (Å²) in [5, 5.41) is 10.6. The SMILES string of the molecule is CCc1oc2ccccc2c1C(=O)N1C[C@@H]2CCOC[C@]2(C(=O)O)C1. The molecule has 6 nitrogen and oxygen atoms in total. The first-order valence-corrected chi connectivity index (χ1v) is 8.67. The van der Waals surface area contributed by atoms with Gasteiger partial charge in [-0.2, -0.15) is 0 Å². The summed E-state index contributed by atoms with van der Waals surface area (Å²) in [6.07, 6.45) is 1.28. The highest BCUT2D eigenvalue weighted by Crippen LogP contribution is 2.42. The van der Waals surface area contributed by atoms with E-state index in [0.717, 1.165) is 5.39 Å².